The number of methoxy groups -OCH3 is 1. The monoisotopic (exact) mass is 295 g/mol. The van der Waals surface area contributed by atoms with Crippen LogP contribution in [0.2, 0.25) is 0 Å². The summed E-state index contributed by atoms with van der Waals surface area (Å²) in [5.74, 6) is -2.08. The molecule has 0 amide bonds. The lowest BCUT2D eigenvalue weighted by molar-refractivity contribution is -0.148. The molecule has 1 aliphatic heterocycles. The Morgan fingerprint density at radius 3 is 2.58 bits per heavy atom. The van der Waals surface area contributed by atoms with E-state index in [2.05, 4.69) is 9.46 Å². The third-order valence-corrected chi connectivity index (χ3v) is 4.99. The molecule has 19 heavy (non-hydrogen) atoms. The molecule has 0 aromatic carbocycles. The standard InChI is InChI=1S/C10H17NO7S/c1-6(8(12)17-3)19(15,16)11-7-4-18-5-10(7,2)9(13)14/h6-7,11H,4-5H2,1-3H3,(H,13,14). The predicted molar refractivity (Wildman–Crippen MR) is 63.9 cm³/mol. The second-order valence-corrected chi connectivity index (χ2v) is 6.65. The molecule has 1 saturated heterocycles. The van der Waals surface area contributed by atoms with E-state index in [0.29, 0.717) is 0 Å². The van der Waals surface area contributed by atoms with Crippen molar-refractivity contribution in [2.75, 3.05) is 20.3 Å². The van der Waals surface area contributed by atoms with E-state index in [9.17, 15) is 18.0 Å². The molecule has 0 bridgehead atoms. The molecule has 0 radical (unpaired) electrons. The summed E-state index contributed by atoms with van der Waals surface area (Å²) in [6.45, 7) is 2.40. The number of carboxylic acids is 1. The fourth-order valence-electron chi connectivity index (χ4n) is 1.64. The SMILES string of the molecule is COC(=O)C(C)S(=O)(=O)NC1COCC1(C)C(=O)O. The Kier molecular flexibility index (Phi) is 4.54. The van der Waals surface area contributed by atoms with Gasteiger partial charge in [-0.25, -0.2) is 13.1 Å². The molecule has 0 saturated carbocycles. The number of hydrogen-bond donors (Lipinski definition) is 2. The maximum atomic E-state index is 11.9. The van der Waals surface area contributed by atoms with Crippen LogP contribution in [-0.4, -0.2) is 57.1 Å². The highest BCUT2D eigenvalue weighted by Gasteiger charge is 2.49. The van der Waals surface area contributed by atoms with Gasteiger partial charge in [0.1, 0.15) is 5.41 Å². The summed E-state index contributed by atoms with van der Waals surface area (Å²) in [5, 5.41) is 7.71. The largest absolute Gasteiger partial charge is 0.481 e. The highest BCUT2D eigenvalue weighted by atomic mass is 32.2. The first-order valence-corrected chi connectivity index (χ1v) is 7.10. The van der Waals surface area contributed by atoms with Crippen molar-refractivity contribution in [3.05, 3.63) is 0 Å². The van der Waals surface area contributed by atoms with Crippen LogP contribution in [-0.2, 0) is 29.1 Å². The number of ether oxygens (including phenoxy) is 2. The Morgan fingerprint density at radius 1 is 1.53 bits per heavy atom. The Bertz CT molecular complexity index is 474. The molecule has 2 N–H and O–H groups in total. The molecule has 0 aromatic heterocycles. The smallest absolute Gasteiger partial charge is 0.325 e. The average molecular weight is 295 g/mol. The van der Waals surface area contributed by atoms with E-state index in [4.69, 9.17) is 9.84 Å². The fourth-order valence-corrected chi connectivity index (χ4v) is 2.92. The molecular weight excluding hydrogens is 278 g/mol. The zero-order valence-corrected chi connectivity index (χ0v) is 11.7. The van der Waals surface area contributed by atoms with Crippen LogP contribution in [0.4, 0.5) is 0 Å². The second-order valence-electron chi connectivity index (χ2n) is 4.62. The van der Waals surface area contributed by atoms with Crippen molar-refractivity contribution in [3.63, 3.8) is 0 Å². The summed E-state index contributed by atoms with van der Waals surface area (Å²) >= 11 is 0. The number of sulfonamides is 1. The number of carbonyl (C=O) groups is 2. The van der Waals surface area contributed by atoms with Gasteiger partial charge in [-0.05, 0) is 13.8 Å². The van der Waals surface area contributed by atoms with E-state index in [-0.39, 0.29) is 13.2 Å². The zero-order valence-electron chi connectivity index (χ0n) is 10.9. The van der Waals surface area contributed by atoms with Gasteiger partial charge in [0.15, 0.2) is 5.25 Å². The molecule has 3 atom stereocenters. The van der Waals surface area contributed by atoms with Crippen molar-refractivity contribution in [3.8, 4) is 0 Å². The lowest BCUT2D eigenvalue weighted by atomic mass is 9.86. The molecule has 8 nitrogen and oxygen atoms in total. The minimum absolute atomic E-state index is 0.0596. The van der Waals surface area contributed by atoms with Crippen LogP contribution < -0.4 is 4.72 Å². The van der Waals surface area contributed by atoms with E-state index < -0.39 is 38.7 Å². The fraction of sp³-hybridized carbons (Fsp3) is 0.800. The van der Waals surface area contributed by atoms with Gasteiger partial charge >= 0.3 is 11.9 Å². The van der Waals surface area contributed by atoms with Crippen LogP contribution in [0.1, 0.15) is 13.8 Å². The lowest BCUT2D eigenvalue weighted by Crippen LogP contribution is -2.52. The molecule has 1 heterocycles. The first-order chi connectivity index (χ1) is 8.65. The van der Waals surface area contributed by atoms with Gasteiger partial charge in [-0.1, -0.05) is 0 Å². The molecule has 3 unspecified atom stereocenters. The van der Waals surface area contributed by atoms with Crippen LogP contribution in [0.15, 0.2) is 0 Å². The van der Waals surface area contributed by atoms with Gasteiger partial charge in [-0.3, -0.25) is 9.59 Å². The number of carboxylic acid groups (broad SMARTS) is 1. The van der Waals surface area contributed by atoms with Gasteiger partial charge < -0.3 is 14.6 Å². The first-order valence-electron chi connectivity index (χ1n) is 5.55. The minimum Gasteiger partial charge on any atom is -0.481 e. The summed E-state index contributed by atoms with van der Waals surface area (Å²) in [4.78, 5) is 22.4. The molecule has 1 rings (SSSR count). The Balaban J connectivity index is 2.90. The molecule has 110 valence electrons. The van der Waals surface area contributed by atoms with E-state index in [1.807, 2.05) is 0 Å². The molecule has 0 spiro atoms. The van der Waals surface area contributed by atoms with Crippen molar-refractivity contribution in [1.29, 1.82) is 0 Å². The summed E-state index contributed by atoms with van der Waals surface area (Å²) < 4.78 is 35.5. The normalized spacial score (nSPS) is 28.9. The van der Waals surface area contributed by atoms with Gasteiger partial charge in [0.2, 0.25) is 10.0 Å². The minimum atomic E-state index is -4.03. The molecule has 0 aliphatic carbocycles. The van der Waals surface area contributed by atoms with Gasteiger partial charge in [0.25, 0.3) is 0 Å². The van der Waals surface area contributed by atoms with Gasteiger partial charge in [-0.15, -0.1) is 0 Å². The summed E-state index contributed by atoms with van der Waals surface area (Å²) in [6.07, 6.45) is 0. The van der Waals surface area contributed by atoms with Crippen molar-refractivity contribution in [2.45, 2.75) is 25.1 Å². The summed E-state index contributed by atoms with van der Waals surface area (Å²) in [5.41, 5.74) is -1.36. The van der Waals surface area contributed by atoms with E-state index in [1.165, 1.54) is 13.8 Å². The van der Waals surface area contributed by atoms with Crippen molar-refractivity contribution >= 4 is 22.0 Å². The third-order valence-electron chi connectivity index (χ3n) is 3.25. The number of hydrogen-bond acceptors (Lipinski definition) is 6. The van der Waals surface area contributed by atoms with Crippen LogP contribution >= 0.6 is 0 Å². The number of aliphatic carboxylic acids is 1. The van der Waals surface area contributed by atoms with Crippen LogP contribution in [0, 0.1) is 5.41 Å². The van der Waals surface area contributed by atoms with Crippen molar-refractivity contribution in [2.24, 2.45) is 5.41 Å². The molecular formula is C10H17NO7S. The zero-order chi connectivity index (χ0) is 14.8. The van der Waals surface area contributed by atoms with Gasteiger partial charge in [0.05, 0.1) is 26.4 Å². The maximum Gasteiger partial charge on any atom is 0.325 e. The maximum absolute atomic E-state index is 11.9. The first kappa shape index (κ1) is 15.9. The van der Waals surface area contributed by atoms with Gasteiger partial charge in [0, 0.05) is 0 Å². The highest BCUT2D eigenvalue weighted by Crippen LogP contribution is 2.29. The quantitative estimate of drug-likeness (QED) is 0.621. The third kappa shape index (κ3) is 3.04. The summed E-state index contributed by atoms with van der Waals surface area (Å²) in [7, 11) is -2.95. The van der Waals surface area contributed by atoms with Crippen LogP contribution in [0.3, 0.4) is 0 Å². The number of rotatable bonds is 5. The topological polar surface area (TPSA) is 119 Å². The summed E-state index contributed by atoms with van der Waals surface area (Å²) in [6, 6.07) is -0.929. The van der Waals surface area contributed by atoms with E-state index in [0.717, 1.165) is 7.11 Å². The molecule has 0 aromatic rings. The Morgan fingerprint density at radius 2 is 2.11 bits per heavy atom. The Hall–Kier alpha value is -1.19. The van der Waals surface area contributed by atoms with E-state index >= 15 is 0 Å². The van der Waals surface area contributed by atoms with E-state index in [1.54, 1.807) is 0 Å². The molecule has 1 aliphatic rings. The van der Waals surface area contributed by atoms with Crippen molar-refractivity contribution < 1.29 is 32.6 Å². The Labute approximate surface area is 111 Å². The van der Waals surface area contributed by atoms with Crippen molar-refractivity contribution in [1.82, 2.24) is 4.72 Å². The molecule has 9 heteroatoms. The number of nitrogens with one attached hydrogen (secondary N) is 1. The lowest BCUT2D eigenvalue weighted by Gasteiger charge is -2.26. The highest BCUT2D eigenvalue weighted by molar-refractivity contribution is 7.90. The average Bonchev–Trinajstić information content (AvgIpc) is 2.69. The van der Waals surface area contributed by atoms with Gasteiger partial charge in [-0.2, -0.15) is 0 Å². The second kappa shape index (κ2) is 5.43. The van der Waals surface area contributed by atoms with Crippen LogP contribution in [0.5, 0.6) is 0 Å². The molecule has 1 fully saturated rings. The number of esters is 1. The predicted octanol–water partition coefficient (Wildman–Crippen LogP) is -1.04. The number of carbonyl (C=O) groups excluding carboxylic acids is 1. The van der Waals surface area contributed by atoms with Crippen LogP contribution in [0.25, 0.3) is 0 Å².